The van der Waals surface area contributed by atoms with Crippen molar-refractivity contribution in [2.45, 2.75) is 26.3 Å². The van der Waals surface area contributed by atoms with Gasteiger partial charge in [-0.1, -0.05) is 4.89 Å². The van der Waals surface area contributed by atoms with Crippen LogP contribution in [-0.4, -0.2) is 26.5 Å². The number of carbonyl (C=O) groups excluding carboxylic acids is 1. The van der Waals surface area contributed by atoms with Crippen molar-refractivity contribution in [2.24, 2.45) is 5.73 Å². The van der Waals surface area contributed by atoms with Crippen molar-refractivity contribution in [1.29, 1.82) is 0 Å². The number of primary amides is 1. The predicted octanol–water partition coefficient (Wildman–Crippen LogP) is -1.37. The molecule has 84 valence electrons. The second kappa shape index (κ2) is 4.69. The first-order valence-electron chi connectivity index (χ1n) is 3.83. The number of nitrogens with two attached hydrogens (primary N) is 1. The number of hydrogen-bond acceptors (Lipinski definition) is 4. The quantitative estimate of drug-likeness (QED) is 0.501. The van der Waals surface area contributed by atoms with Gasteiger partial charge in [-0.15, -0.1) is 0 Å². The van der Waals surface area contributed by atoms with Crippen molar-refractivity contribution in [3.05, 3.63) is 0 Å². The Morgan fingerprint density at radius 2 is 1.93 bits per heavy atom. The highest BCUT2D eigenvalue weighted by Crippen LogP contribution is 1.99. The molecule has 0 aromatic rings. The van der Waals surface area contributed by atoms with E-state index in [4.69, 9.17) is 5.73 Å². The lowest BCUT2D eigenvalue weighted by molar-refractivity contribution is -0.123. The lowest BCUT2D eigenvalue weighted by Gasteiger charge is -2.19. The summed E-state index contributed by atoms with van der Waals surface area (Å²) in [5.41, 5.74) is 4.11. The van der Waals surface area contributed by atoms with Crippen LogP contribution in [0.5, 0.6) is 0 Å². The molecule has 0 rings (SSSR count). The zero-order valence-electron chi connectivity index (χ0n) is 8.33. The molecule has 0 saturated carbocycles. The summed E-state index contributed by atoms with van der Waals surface area (Å²) in [5, 5.41) is 0. The van der Waals surface area contributed by atoms with Gasteiger partial charge in [0, 0.05) is 5.54 Å². The minimum Gasteiger partial charge on any atom is -0.368 e. The van der Waals surface area contributed by atoms with Gasteiger partial charge in [-0.05, 0) is 20.8 Å². The first kappa shape index (κ1) is 13.3. The van der Waals surface area contributed by atoms with Gasteiger partial charge in [0.25, 0.3) is 10.2 Å². The third-order valence-corrected chi connectivity index (χ3v) is 2.04. The minimum absolute atomic E-state index is 0.509. The molecule has 14 heavy (non-hydrogen) atoms. The molecule has 0 aromatic heterocycles. The molecule has 0 spiro atoms. The molecule has 0 heterocycles. The molecule has 0 atom stereocenters. The first-order chi connectivity index (χ1) is 6.12. The van der Waals surface area contributed by atoms with Gasteiger partial charge in [0.1, 0.15) is 6.61 Å². The summed E-state index contributed by atoms with van der Waals surface area (Å²) < 4.78 is 24.5. The van der Waals surface area contributed by atoms with E-state index in [1.807, 2.05) is 0 Å². The lowest BCUT2D eigenvalue weighted by atomic mass is 10.1. The summed E-state index contributed by atoms with van der Waals surface area (Å²) in [6.07, 6.45) is 0. The SMILES string of the molecule is CC(C)(C)NS(=O)(=O)NOCC(N)=O. The molecule has 0 aromatic carbocycles. The van der Waals surface area contributed by atoms with Crippen LogP contribution in [0.3, 0.4) is 0 Å². The van der Waals surface area contributed by atoms with Crippen molar-refractivity contribution >= 4 is 16.1 Å². The third kappa shape index (κ3) is 7.92. The average Bonchev–Trinajstić information content (AvgIpc) is 1.78. The van der Waals surface area contributed by atoms with E-state index in [0.717, 1.165) is 0 Å². The maximum Gasteiger partial charge on any atom is 0.299 e. The summed E-state index contributed by atoms with van der Waals surface area (Å²) in [7, 11) is -3.76. The zero-order chi connectivity index (χ0) is 11.4. The fraction of sp³-hybridized carbons (Fsp3) is 0.833. The van der Waals surface area contributed by atoms with Gasteiger partial charge < -0.3 is 5.73 Å². The Morgan fingerprint density at radius 3 is 2.29 bits per heavy atom. The van der Waals surface area contributed by atoms with Gasteiger partial charge in [-0.25, -0.2) is 0 Å². The topological polar surface area (TPSA) is 111 Å². The summed E-state index contributed by atoms with van der Waals surface area (Å²) in [6, 6.07) is 0. The van der Waals surface area contributed by atoms with Crippen molar-refractivity contribution in [3.8, 4) is 0 Å². The minimum atomic E-state index is -3.76. The Bertz CT molecular complexity index is 293. The standard InChI is InChI=1S/C6H15N3O4S/c1-6(2,3)8-14(11,12)9-13-4-5(7)10/h8-9H,4H2,1-3H3,(H2,7,10). The number of hydrogen-bond donors (Lipinski definition) is 3. The Kier molecular flexibility index (Phi) is 4.46. The highest BCUT2D eigenvalue weighted by atomic mass is 32.2. The Balaban J connectivity index is 4.04. The molecule has 0 radical (unpaired) electrons. The van der Waals surface area contributed by atoms with Crippen LogP contribution in [-0.2, 0) is 19.8 Å². The first-order valence-corrected chi connectivity index (χ1v) is 5.31. The van der Waals surface area contributed by atoms with Crippen molar-refractivity contribution in [3.63, 3.8) is 0 Å². The van der Waals surface area contributed by atoms with Crippen LogP contribution in [0.2, 0.25) is 0 Å². The number of nitrogens with one attached hydrogen (secondary N) is 2. The van der Waals surface area contributed by atoms with Gasteiger partial charge in [0.2, 0.25) is 5.91 Å². The summed E-state index contributed by atoms with van der Waals surface area (Å²) in [6.45, 7) is 4.49. The number of rotatable bonds is 5. The molecule has 4 N–H and O–H groups in total. The average molecular weight is 225 g/mol. The van der Waals surface area contributed by atoms with Crippen LogP contribution < -0.4 is 15.3 Å². The molecule has 0 saturated heterocycles. The third-order valence-electron chi connectivity index (χ3n) is 0.824. The molecule has 0 fully saturated rings. The van der Waals surface area contributed by atoms with Crippen molar-refractivity contribution < 1.29 is 18.0 Å². The second-order valence-electron chi connectivity index (χ2n) is 3.69. The van der Waals surface area contributed by atoms with E-state index >= 15 is 0 Å². The van der Waals surface area contributed by atoms with Crippen molar-refractivity contribution in [2.75, 3.05) is 6.61 Å². The Hall–Kier alpha value is -0.700. The number of carbonyl (C=O) groups is 1. The van der Waals surface area contributed by atoms with Gasteiger partial charge >= 0.3 is 0 Å². The molecule has 0 aliphatic carbocycles. The van der Waals surface area contributed by atoms with E-state index in [2.05, 4.69) is 9.56 Å². The normalized spacial score (nSPS) is 12.8. The maximum absolute atomic E-state index is 11.1. The summed E-state index contributed by atoms with van der Waals surface area (Å²) >= 11 is 0. The van der Waals surface area contributed by atoms with Crippen LogP contribution >= 0.6 is 0 Å². The van der Waals surface area contributed by atoms with E-state index in [9.17, 15) is 13.2 Å². The summed E-state index contributed by atoms with van der Waals surface area (Å²) in [4.78, 5) is 16.3. The second-order valence-corrected chi connectivity index (χ2v) is 5.07. The summed E-state index contributed by atoms with van der Waals surface area (Å²) in [5.74, 6) is -0.761. The highest BCUT2D eigenvalue weighted by Gasteiger charge is 2.19. The fourth-order valence-corrected chi connectivity index (χ4v) is 1.66. The predicted molar refractivity (Wildman–Crippen MR) is 50.1 cm³/mol. The number of amides is 1. The molecule has 0 unspecified atom stereocenters. The van der Waals surface area contributed by atoms with Crippen molar-refractivity contribution in [1.82, 2.24) is 9.61 Å². The van der Waals surface area contributed by atoms with Gasteiger partial charge in [-0.3, -0.25) is 9.63 Å². The molecular formula is C6H15N3O4S. The maximum atomic E-state index is 11.1. The largest absolute Gasteiger partial charge is 0.368 e. The molecule has 8 heteroatoms. The molecule has 0 bridgehead atoms. The lowest BCUT2D eigenvalue weighted by Crippen LogP contribution is -2.47. The van der Waals surface area contributed by atoms with Crippen LogP contribution in [0.4, 0.5) is 0 Å². The van der Waals surface area contributed by atoms with E-state index in [1.54, 1.807) is 25.7 Å². The Morgan fingerprint density at radius 1 is 1.43 bits per heavy atom. The monoisotopic (exact) mass is 225 g/mol. The smallest absolute Gasteiger partial charge is 0.299 e. The molecule has 7 nitrogen and oxygen atoms in total. The van der Waals surface area contributed by atoms with E-state index < -0.39 is 28.3 Å². The van der Waals surface area contributed by atoms with Gasteiger partial charge in [-0.2, -0.15) is 13.1 Å². The molecule has 1 amide bonds. The van der Waals surface area contributed by atoms with E-state index in [1.165, 1.54) is 0 Å². The zero-order valence-corrected chi connectivity index (χ0v) is 9.14. The van der Waals surface area contributed by atoms with E-state index in [0.29, 0.717) is 0 Å². The van der Waals surface area contributed by atoms with Crippen LogP contribution in [0.25, 0.3) is 0 Å². The van der Waals surface area contributed by atoms with E-state index in [-0.39, 0.29) is 0 Å². The molecule has 0 aliphatic heterocycles. The molecular weight excluding hydrogens is 210 g/mol. The van der Waals surface area contributed by atoms with Gasteiger partial charge in [0.15, 0.2) is 0 Å². The molecule has 0 aliphatic rings. The highest BCUT2D eigenvalue weighted by molar-refractivity contribution is 7.87. The van der Waals surface area contributed by atoms with Crippen LogP contribution in [0.1, 0.15) is 20.8 Å². The van der Waals surface area contributed by atoms with Gasteiger partial charge in [0.05, 0.1) is 0 Å². The Labute approximate surface area is 83.1 Å². The van der Waals surface area contributed by atoms with Crippen LogP contribution in [0.15, 0.2) is 0 Å². The van der Waals surface area contributed by atoms with Crippen LogP contribution in [0, 0.1) is 0 Å². The fourth-order valence-electron chi connectivity index (χ4n) is 0.602.